The van der Waals surface area contributed by atoms with Crippen molar-refractivity contribution in [2.24, 2.45) is 0 Å². The minimum Gasteiger partial charge on any atom is -0.907 e. The molecule has 0 aromatic rings. The van der Waals surface area contributed by atoms with Crippen LogP contribution in [0.2, 0.25) is 0 Å². The molecule has 0 aliphatic carbocycles. The molecule has 0 aliphatic heterocycles. The number of hydrogen-bond acceptors (Lipinski definition) is 6. The molecular formula is B2BaCaO6SrZn2+4. The van der Waals surface area contributed by atoms with Gasteiger partial charge in [-0.2, -0.15) is 0 Å². The molecule has 13 heavy (non-hydrogen) atoms. The van der Waals surface area contributed by atoms with Gasteiger partial charge < -0.3 is 30.1 Å². The normalized spacial score (nSPS) is 4.15. The van der Waals surface area contributed by atoms with Crippen LogP contribution >= 0.6 is 0 Å². The second kappa shape index (κ2) is 36.0. The Morgan fingerprint density at radius 3 is 0.615 bits per heavy atom. The van der Waals surface area contributed by atoms with Crippen molar-refractivity contribution >= 4 is 147 Å². The summed E-state index contributed by atoms with van der Waals surface area (Å²) in [6, 6.07) is 0. The Morgan fingerprint density at radius 2 is 0.615 bits per heavy atom. The van der Waals surface area contributed by atoms with E-state index in [0.717, 1.165) is 0 Å². The van der Waals surface area contributed by atoms with E-state index in [2.05, 4.69) is 0 Å². The van der Waals surface area contributed by atoms with Crippen LogP contribution < -0.4 is 30.1 Å². The maximum Gasteiger partial charge on any atom is 2.00 e. The molecule has 0 N–H and O–H groups in total. The molecule has 0 heterocycles. The van der Waals surface area contributed by atoms with Gasteiger partial charge in [-0.25, -0.2) is 0 Å². The predicted octanol–water partition coefficient (Wildman–Crippen LogP) is -9.04. The van der Waals surface area contributed by atoms with Crippen molar-refractivity contribution in [2.45, 2.75) is 0 Å². The Kier molecular flexibility index (Phi) is 119. The maximum atomic E-state index is 8.42. The molecule has 0 radical (unpaired) electrons. The topological polar surface area (TPSA) is 138 Å². The molecule has 0 fully saturated rings. The second-order valence-corrected chi connectivity index (χ2v) is 0.577. The van der Waals surface area contributed by atoms with Crippen LogP contribution in [0.4, 0.5) is 0 Å². The molecule has 0 aromatic heterocycles. The molecule has 0 saturated heterocycles. The fourth-order valence-electron chi connectivity index (χ4n) is 0. The number of rotatable bonds is 0. The van der Waals surface area contributed by atoms with Gasteiger partial charge >= 0.3 is 171 Å². The molecule has 0 amide bonds. The van der Waals surface area contributed by atoms with Crippen molar-refractivity contribution in [3.05, 3.63) is 0 Å². The van der Waals surface area contributed by atoms with Gasteiger partial charge in [0.15, 0.2) is 0 Å². The first-order valence-corrected chi connectivity index (χ1v) is 1.41. The quantitative estimate of drug-likeness (QED) is 0.295. The van der Waals surface area contributed by atoms with Crippen molar-refractivity contribution < 1.29 is 69.1 Å². The van der Waals surface area contributed by atoms with Gasteiger partial charge in [-0.15, -0.1) is 0 Å². The SMILES string of the molecule is [Ba+2].[Ca+2].[O-]B([O-])[O-].[O-]B([O-])[O-].[Sr+2].[Zn+2].[Zn+2]. The average molecular weight is 513 g/mol. The summed E-state index contributed by atoms with van der Waals surface area (Å²) in [6.07, 6.45) is 0. The van der Waals surface area contributed by atoms with Crippen LogP contribution in [-0.4, -0.2) is 147 Å². The van der Waals surface area contributed by atoms with Crippen LogP contribution in [0, 0.1) is 0 Å². The van der Waals surface area contributed by atoms with Crippen LogP contribution in [0.5, 0.6) is 0 Å². The van der Waals surface area contributed by atoms with E-state index < -0.39 is 14.6 Å². The van der Waals surface area contributed by atoms with E-state index in [-0.39, 0.29) is 171 Å². The Labute approximate surface area is 210 Å². The monoisotopic (exact) mass is 512 g/mol. The fourth-order valence-corrected chi connectivity index (χ4v) is 0. The van der Waals surface area contributed by atoms with Gasteiger partial charge in [0.2, 0.25) is 0 Å². The standard InChI is InChI=1S/2BO3.Ba.Ca.Sr.2Zn/c2*2-1(3)4;;;;;/q2*-3;5*+2. The predicted molar refractivity (Wildman–Crippen MR) is 28.8 cm³/mol. The molecule has 0 rings (SSSR count). The van der Waals surface area contributed by atoms with Crippen LogP contribution in [0.1, 0.15) is 0 Å². The zero-order valence-electron chi connectivity index (χ0n) is 7.14. The summed E-state index contributed by atoms with van der Waals surface area (Å²) in [4.78, 5) is 0. The van der Waals surface area contributed by atoms with E-state index in [0.29, 0.717) is 0 Å². The van der Waals surface area contributed by atoms with Gasteiger partial charge in [-0.1, -0.05) is 0 Å². The molecule has 0 saturated carbocycles. The van der Waals surface area contributed by atoms with E-state index in [9.17, 15) is 0 Å². The Hall–Kier alpha value is 5.45. The van der Waals surface area contributed by atoms with Gasteiger partial charge in [0.1, 0.15) is 0 Å². The van der Waals surface area contributed by atoms with E-state index in [1.807, 2.05) is 0 Å². The van der Waals surface area contributed by atoms with Gasteiger partial charge in [-0.3, -0.25) is 14.6 Å². The van der Waals surface area contributed by atoms with Crippen LogP contribution in [0.3, 0.4) is 0 Å². The van der Waals surface area contributed by atoms with Crippen molar-refractivity contribution in [3.8, 4) is 0 Å². The fraction of sp³-hybridized carbons (Fsp3) is 0. The molecule has 0 atom stereocenters. The Bertz CT molecular complexity index is 44.1. The molecule has 0 aromatic carbocycles. The first kappa shape index (κ1) is 42.9. The summed E-state index contributed by atoms with van der Waals surface area (Å²) < 4.78 is 0. The summed E-state index contributed by atoms with van der Waals surface area (Å²) in [6.45, 7) is 0. The first-order valence-electron chi connectivity index (χ1n) is 1.41. The summed E-state index contributed by atoms with van der Waals surface area (Å²) in [7, 11) is -5.83. The van der Waals surface area contributed by atoms with Gasteiger partial charge in [-0.05, 0) is 0 Å². The zero-order valence-corrected chi connectivity index (χ0v) is 23.2. The zero-order chi connectivity index (χ0) is 7.15. The molecule has 0 bridgehead atoms. The van der Waals surface area contributed by atoms with Crippen LogP contribution in [0.25, 0.3) is 0 Å². The van der Waals surface area contributed by atoms with Crippen molar-refractivity contribution in [2.75, 3.05) is 0 Å². The minimum atomic E-state index is -2.92. The molecule has 6 nitrogen and oxygen atoms in total. The summed E-state index contributed by atoms with van der Waals surface area (Å²) in [5.41, 5.74) is 0. The second-order valence-electron chi connectivity index (χ2n) is 0.577. The van der Waals surface area contributed by atoms with Crippen molar-refractivity contribution in [3.63, 3.8) is 0 Å². The van der Waals surface area contributed by atoms with Gasteiger partial charge in [0.25, 0.3) is 0 Å². The van der Waals surface area contributed by atoms with E-state index in [1.54, 1.807) is 0 Å². The van der Waals surface area contributed by atoms with E-state index >= 15 is 0 Å². The van der Waals surface area contributed by atoms with Crippen molar-refractivity contribution in [1.29, 1.82) is 0 Å². The summed E-state index contributed by atoms with van der Waals surface area (Å²) in [5, 5.41) is 50.5. The molecule has 0 unspecified atom stereocenters. The Balaban J connectivity index is -0.00000000800. The molecule has 13 heteroatoms. The summed E-state index contributed by atoms with van der Waals surface area (Å²) in [5.74, 6) is 0. The maximum absolute atomic E-state index is 8.42. The van der Waals surface area contributed by atoms with Crippen LogP contribution in [-0.2, 0) is 39.0 Å². The number of hydrogen-bond donors (Lipinski definition) is 0. The first-order chi connectivity index (χ1) is 3.46. The third-order valence-electron chi connectivity index (χ3n) is 0. The smallest absolute Gasteiger partial charge is 0.907 e. The van der Waals surface area contributed by atoms with Gasteiger partial charge in [0.05, 0.1) is 0 Å². The molecule has 0 aliphatic rings. The molecular weight excluding hydrogens is 513 g/mol. The molecule has 0 spiro atoms. The van der Waals surface area contributed by atoms with Crippen molar-refractivity contribution in [1.82, 2.24) is 0 Å². The average Bonchev–Trinajstić information content (AvgIpc) is 1.25. The minimum absolute atomic E-state index is 0. The third-order valence-corrected chi connectivity index (χ3v) is 0. The van der Waals surface area contributed by atoms with Gasteiger partial charge in [0, 0.05) is 0 Å². The van der Waals surface area contributed by atoms with E-state index in [1.165, 1.54) is 0 Å². The third kappa shape index (κ3) is 140. The summed E-state index contributed by atoms with van der Waals surface area (Å²) >= 11 is 0. The Morgan fingerprint density at radius 1 is 0.615 bits per heavy atom. The molecule has 48 valence electrons. The van der Waals surface area contributed by atoms with Crippen LogP contribution in [0.15, 0.2) is 0 Å². The van der Waals surface area contributed by atoms with E-state index in [4.69, 9.17) is 30.1 Å². The largest absolute Gasteiger partial charge is 2.00 e.